The van der Waals surface area contributed by atoms with Gasteiger partial charge in [-0.1, -0.05) is 58.4 Å². The summed E-state index contributed by atoms with van der Waals surface area (Å²) in [6.45, 7) is 17.2. The van der Waals surface area contributed by atoms with Crippen LogP contribution < -0.4 is 16.0 Å². The first-order valence-electron chi connectivity index (χ1n) is 12.5. The van der Waals surface area contributed by atoms with E-state index in [4.69, 9.17) is 11.6 Å². The van der Waals surface area contributed by atoms with Gasteiger partial charge >= 0.3 is 0 Å². The molecule has 4 atom stereocenters. The molecule has 1 fully saturated rings. The van der Waals surface area contributed by atoms with Crippen molar-refractivity contribution in [3.05, 3.63) is 35.0 Å². The molecule has 0 aromatic carbocycles. The fraction of sp³-hybridized carbons (Fsp3) is 0.769. The van der Waals surface area contributed by atoms with Gasteiger partial charge in [0, 0.05) is 36.4 Å². The number of allylic oxidation sites excluding steroid dienone is 4. The van der Waals surface area contributed by atoms with Crippen LogP contribution in [0.15, 0.2) is 35.0 Å². The predicted molar refractivity (Wildman–Crippen MR) is 149 cm³/mol. The summed E-state index contributed by atoms with van der Waals surface area (Å²) in [6, 6.07) is 0.495. The van der Waals surface area contributed by atoms with Crippen LogP contribution in [-0.2, 0) is 0 Å². The van der Waals surface area contributed by atoms with Gasteiger partial charge in [-0.05, 0) is 74.1 Å². The highest BCUT2D eigenvalue weighted by Gasteiger charge is 2.40. The summed E-state index contributed by atoms with van der Waals surface area (Å²) in [5.41, 5.74) is 1.63. The van der Waals surface area contributed by atoms with E-state index in [1.165, 1.54) is 38.0 Å². The van der Waals surface area contributed by atoms with Crippen LogP contribution in [0.25, 0.3) is 0 Å². The Hall–Kier alpha value is -0.970. The quantitative estimate of drug-likeness (QED) is 0.419. The lowest BCUT2D eigenvalue weighted by molar-refractivity contribution is 0.0120. The van der Waals surface area contributed by atoms with Gasteiger partial charge in [-0.3, -0.25) is 5.32 Å². The van der Waals surface area contributed by atoms with Crippen molar-refractivity contribution in [3.63, 3.8) is 0 Å². The molecule has 3 aliphatic rings. The Balaban J connectivity index is 0. The van der Waals surface area contributed by atoms with Gasteiger partial charge in [0.25, 0.3) is 0 Å². The summed E-state index contributed by atoms with van der Waals surface area (Å²) in [7, 11) is 0. The van der Waals surface area contributed by atoms with Gasteiger partial charge < -0.3 is 37.4 Å². The SMILES string of the molecule is CCNC1C=CC=C(CN[C@@H](CN2CCC(C3CC=C(Cl)CC3)C(C)(C)C2)C(C)C)N1.O.O.O.O. The number of nitrogens with zero attached hydrogens (tertiary/aromatic N) is 1. The maximum atomic E-state index is 6.24. The van der Waals surface area contributed by atoms with E-state index in [0.717, 1.165) is 42.9 Å². The molecule has 0 saturated carbocycles. The molecule has 1 aliphatic carbocycles. The van der Waals surface area contributed by atoms with Crippen LogP contribution in [-0.4, -0.2) is 71.7 Å². The zero-order valence-corrected chi connectivity index (χ0v) is 23.1. The second-order valence-electron chi connectivity index (χ2n) is 10.8. The molecule has 3 rings (SSSR count). The molecule has 8 nitrogen and oxygen atoms in total. The highest BCUT2D eigenvalue weighted by Crippen LogP contribution is 2.44. The third kappa shape index (κ3) is 10.5. The number of rotatable bonds is 9. The lowest BCUT2D eigenvalue weighted by Crippen LogP contribution is -2.53. The number of dihydropyridines is 1. The van der Waals surface area contributed by atoms with E-state index in [-0.39, 0.29) is 28.1 Å². The topological polar surface area (TPSA) is 165 Å². The van der Waals surface area contributed by atoms with Crippen molar-refractivity contribution in [1.82, 2.24) is 20.9 Å². The third-order valence-corrected chi connectivity index (χ3v) is 7.88. The van der Waals surface area contributed by atoms with Crippen LogP contribution in [0.1, 0.15) is 60.3 Å². The van der Waals surface area contributed by atoms with Crippen LogP contribution in [0.4, 0.5) is 0 Å². The normalized spacial score (nSPS) is 26.5. The number of piperidine rings is 1. The fourth-order valence-electron chi connectivity index (χ4n) is 5.76. The molecule has 0 bridgehead atoms. The van der Waals surface area contributed by atoms with Gasteiger partial charge in [-0.25, -0.2) is 0 Å². The number of nitrogens with one attached hydrogen (secondary N) is 3. The van der Waals surface area contributed by atoms with Crippen LogP contribution in [0.2, 0.25) is 0 Å². The van der Waals surface area contributed by atoms with Crippen molar-refractivity contribution < 1.29 is 21.9 Å². The first-order chi connectivity index (χ1) is 14.8. The first-order valence-corrected chi connectivity index (χ1v) is 12.8. The lowest BCUT2D eigenvalue weighted by Gasteiger charge is -2.49. The molecule has 0 radical (unpaired) electrons. The molecule has 0 amide bonds. The number of likely N-dealkylation sites (tertiary alicyclic amines) is 1. The summed E-state index contributed by atoms with van der Waals surface area (Å²) in [6.07, 6.45) is 13.9. The molecule has 2 aliphatic heterocycles. The van der Waals surface area contributed by atoms with Crippen LogP contribution in [0.5, 0.6) is 0 Å². The molecule has 11 N–H and O–H groups in total. The minimum absolute atomic E-state index is 0. The Labute approximate surface area is 217 Å². The number of hydrogen-bond donors (Lipinski definition) is 3. The smallest absolute Gasteiger partial charge is 0.0961 e. The highest BCUT2D eigenvalue weighted by atomic mass is 35.5. The summed E-state index contributed by atoms with van der Waals surface area (Å²) < 4.78 is 0. The summed E-state index contributed by atoms with van der Waals surface area (Å²) in [5, 5.41) is 12.0. The maximum Gasteiger partial charge on any atom is 0.0961 e. The standard InChI is InChI=1S/C26H45ClN4.4H2O/c1-6-28-25-9-7-8-22(30-25)16-29-24(19(2)3)17-31-15-14-23(26(4,5)18-31)20-10-12-21(27)13-11-20;;;;/h7-9,12,19-20,23-25,28-30H,6,10-11,13-18H2,1-5H3;4*1H2/t20?,23?,24-,25?;;;;/m0..../s1. The summed E-state index contributed by atoms with van der Waals surface area (Å²) >= 11 is 6.24. The van der Waals surface area contributed by atoms with Gasteiger partial charge in [0.1, 0.15) is 0 Å². The minimum atomic E-state index is 0. The molecular formula is C26H53ClN4O4. The van der Waals surface area contributed by atoms with E-state index in [2.05, 4.69) is 79.8 Å². The molecule has 35 heavy (non-hydrogen) atoms. The van der Waals surface area contributed by atoms with E-state index < -0.39 is 0 Å². The van der Waals surface area contributed by atoms with E-state index in [9.17, 15) is 0 Å². The fourth-order valence-corrected chi connectivity index (χ4v) is 5.96. The Morgan fingerprint density at radius 2 is 1.89 bits per heavy atom. The Kier molecular flexibility index (Phi) is 17.3. The molecular weight excluding hydrogens is 468 g/mol. The summed E-state index contributed by atoms with van der Waals surface area (Å²) in [4.78, 5) is 2.71. The lowest BCUT2D eigenvalue weighted by atomic mass is 9.65. The average molecular weight is 521 g/mol. The van der Waals surface area contributed by atoms with E-state index in [0.29, 0.717) is 17.4 Å². The predicted octanol–water partition coefficient (Wildman–Crippen LogP) is 1.55. The molecule has 2 heterocycles. The summed E-state index contributed by atoms with van der Waals surface area (Å²) in [5.74, 6) is 2.22. The Morgan fingerprint density at radius 1 is 1.17 bits per heavy atom. The molecule has 208 valence electrons. The van der Waals surface area contributed by atoms with Crippen LogP contribution >= 0.6 is 11.6 Å². The van der Waals surface area contributed by atoms with E-state index in [1.54, 1.807) is 0 Å². The van der Waals surface area contributed by atoms with Gasteiger partial charge in [0.2, 0.25) is 0 Å². The molecule has 0 spiro atoms. The molecule has 0 aromatic heterocycles. The van der Waals surface area contributed by atoms with Crippen molar-refractivity contribution in [1.29, 1.82) is 0 Å². The number of hydrogen-bond acceptors (Lipinski definition) is 4. The second-order valence-corrected chi connectivity index (χ2v) is 11.3. The van der Waals surface area contributed by atoms with Crippen molar-refractivity contribution >= 4 is 11.6 Å². The van der Waals surface area contributed by atoms with Gasteiger partial charge in [-0.15, -0.1) is 0 Å². The molecule has 1 saturated heterocycles. The Morgan fingerprint density at radius 3 is 2.46 bits per heavy atom. The van der Waals surface area contributed by atoms with Crippen LogP contribution in [0, 0.1) is 23.2 Å². The Bertz CT molecular complexity index is 684. The first kappa shape index (κ1) is 36.2. The average Bonchev–Trinajstić information content (AvgIpc) is 2.72. The van der Waals surface area contributed by atoms with Gasteiger partial charge in [0.05, 0.1) is 6.17 Å². The maximum absolute atomic E-state index is 6.24. The molecule has 9 heteroatoms. The second kappa shape index (κ2) is 16.7. The van der Waals surface area contributed by atoms with Crippen molar-refractivity contribution in [2.24, 2.45) is 23.2 Å². The van der Waals surface area contributed by atoms with Gasteiger partial charge in [0.15, 0.2) is 0 Å². The number of halogens is 1. The van der Waals surface area contributed by atoms with Crippen LogP contribution in [0.3, 0.4) is 0 Å². The zero-order chi connectivity index (χ0) is 22.4. The monoisotopic (exact) mass is 520 g/mol. The minimum Gasteiger partial charge on any atom is -0.412 e. The van der Waals surface area contributed by atoms with Crippen molar-refractivity contribution in [3.8, 4) is 0 Å². The molecule has 0 aromatic rings. The van der Waals surface area contributed by atoms with Crippen molar-refractivity contribution in [2.45, 2.75) is 72.5 Å². The highest BCUT2D eigenvalue weighted by molar-refractivity contribution is 6.29. The van der Waals surface area contributed by atoms with E-state index >= 15 is 0 Å². The van der Waals surface area contributed by atoms with Crippen molar-refractivity contribution in [2.75, 3.05) is 32.7 Å². The van der Waals surface area contributed by atoms with Gasteiger partial charge in [-0.2, -0.15) is 0 Å². The third-order valence-electron chi connectivity index (χ3n) is 7.54. The molecule has 3 unspecified atom stereocenters. The number of likely N-dealkylation sites (N-methyl/N-ethyl adjacent to an activating group) is 1. The van der Waals surface area contributed by atoms with E-state index in [1.807, 2.05) is 0 Å². The zero-order valence-electron chi connectivity index (χ0n) is 22.4. The largest absolute Gasteiger partial charge is 0.412 e.